The first-order valence-electron chi connectivity index (χ1n) is 6.44. The Hall–Kier alpha value is -2.33. The number of benzene rings is 2. The van der Waals surface area contributed by atoms with Crippen LogP contribution >= 0.6 is 0 Å². The molecule has 0 spiro atoms. The molecule has 4 N–H and O–H groups in total. The molecule has 0 aliphatic carbocycles. The number of aliphatic hydroxyl groups is 1. The van der Waals surface area contributed by atoms with E-state index in [1.807, 2.05) is 37.3 Å². The second kappa shape index (κ2) is 6.21. The highest BCUT2D eigenvalue weighted by Crippen LogP contribution is 2.15. The summed E-state index contributed by atoms with van der Waals surface area (Å²) in [6.45, 7) is 1.70. The van der Waals surface area contributed by atoms with E-state index in [9.17, 15) is 9.90 Å². The molecule has 104 valence electrons. The van der Waals surface area contributed by atoms with Crippen LogP contribution in [0.1, 0.15) is 27.5 Å². The Balaban J connectivity index is 2.15. The number of hydrogen-bond acceptors (Lipinski definition) is 3. The monoisotopic (exact) mass is 270 g/mol. The fraction of sp³-hybridized carbons (Fsp3) is 0.188. The zero-order valence-electron chi connectivity index (χ0n) is 11.3. The third kappa shape index (κ3) is 3.16. The van der Waals surface area contributed by atoms with Gasteiger partial charge in [-0.2, -0.15) is 0 Å². The highest BCUT2D eigenvalue weighted by atomic mass is 16.3. The molecule has 1 atom stereocenters. The van der Waals surface area contributed by atoms with Gasteiger partial charge in [0.25, 0.3) is 5.91 Å². The smallest absolute Gasteiger partial charge is 0.251 e. The standard InChI is InChI=1S/C16H18N2O2/c1-11-9-13(7-8-14(11)17)16(20)18-15(10-19)12-5-3-2-4-6-12/h2-9,15,19H,10,17H2,1H3,(H,18,20)/t15-/m1/s1. The molecule has 1 amide bonds. The van der Waals surface area contributed by atoms with E-state index in [0.29, 0.717) is 11.3 Å². The zero-order valence-corrected chi connectivity index (χ0v) is 11.3. The van der Waals surface area contributed by atoms with Gasteiger partial charge >= 0.3 is 0 Å². The molecule has 0 bridgehead atoms. The van der Waals surface area contributed by atoms with Crippen molar-refractivity contribution in [2.24, 2.45) is 0 Å². The summed E-state index contributed by atoms with van der Waals surface area (Å²) in [7, 11) is 0. The third-order valence-corrected chi connectivity index (χ3v) is 3.22. The summed E-state index contributed by atoms with van der Waals surface area (Å²) in [5, 5.41) is 12.3. The number of aryl methyl sites for hydroxylation is 1. The Bertz CT molecular complexity index is 597. The lowest BCUT2D eigenvalue weighted by molar-refractivity contribution is 0.0916. The number of nitrogen functional groups attached to an aromatic ring is 1. The van der Waals surface area contributed by atoms with Gasteiger partial charge in [-0.3, -0.25) is 4.79 Å². The number of carbonyl (C=O) groups excluding carboxylic acids is 1. The first kappa shape index (κ1) is 14.1. The Labute approximate surface area is 118 Å². The maximum atomic E-state index is 12.2. The van der Waals surface area contributed by atoms with Crippen LogP contribution in [0.15, 0.2) is 48.5 Å². The Morgan fingerprint density at radius 1 is 1.25 bits per heavy atom. The number of nitrogens with two attached hydrogens (primary N) is 1. The van der Waals surface area contributed by atoms with Crippen LogP contribution in [0.4, 0.5) is 5.69 Å². The second-order valence-electron chi connectivity index (χ2n) is 4.69. The van der Waals surface area contributed by atoms with Crippen molar-refractivity contribution in [1.29, 1.82) is 0 Å². The fourth-order valence-corrected chi connectivity index (χ4v) is 1.98. The largest absolute Gasteiger partial charge is 0.399 e. The molecule has 20 heavy (non-hydrogen) atoms. The summed E-state index contributed by atoms with van der Waals surface area (Å²) in [5.41, 5.74) is 8.65. The Kier molecular flexibility index (Phi) is 4.38. The molecule has 4 nitrogen and oxygen atoms in total. The Morgan fingerprint density at radius 2 is 1.95 bits per heavy atom. The molecule has 2 aromatic rings. The minimum absolute atomic E-state index is 0.149. The minimum atomic E-state index is -0.415. The van der Waals surface area contributed by atoms with Gasteiger partial charge in [0.2, 0.25) is 0 Å². The summed E-state index contributed by atoms with van der Waals surface area (Å²) in [6.07, 6.45) is 0. The van der Waals surface area contributed by atoms with Crippen molar-refractivity contribution in [3.8, 4) is 0 Å². The lowest BCUT2D eigenvalue weighted by Gasteiger charge is -2.17. The van der Waals surface area contributed by atoms with E-state index in [-0.39, 0.29) is 12.5 Å². The van der Waals surface area contributed by atoms with Gasteiger partial charge < -0.3 is 16.2 Å². The molecular weight excluding hydrogens is 252 g/mol. The second-order valence-corrected chi connectivity index (χ2v) is 4.69. The topological polar surface area (TPSA) is 75.3 Å². The van der Waals surface area contributed by atoms with Crippen molar-refractivity contribution in [3.05, 3.63) is 65.2 Å². The van der Waals surface area contributed by atoms with Crippen LogP contribution in [-0.4, -0.2) is 17.6 Å². The molecule has 0 aliphatic rings. The molecule has 0 saturated heterocycles. The highest BCUT2D eigenvalue weighted by Gasteiger charge is 2.15. The van der Waals surface area contributed by atoms with E-state index >= 15 is 0 Å². The summed E-state index contributed by atoms with van der Waals surface area (Å²) in [6, 6.07) is 14.1. The SMILES string of the molecule is Cc1cc(C(=O)N[C@H](CO)c2ccccc2)ccc1N. The van der Waals surface area contributed by atoms with Gasteiger partial charge in [-0.15, -0.1) is 0 Å². The first-order chi connectivity index (χ1) is 9.61. The van der Waals surface area contributed by atoms with Gasteiger partial charge in [0, 0.05) is 11.3 Å². The molecule has 4 heteroatoms. The minimum Gasteiger partial charge on any atom is -0.399 e. The van der Waals surface area contributed by atoms with Gasteiger partial charge in [-0.05, 0) is 36.2 Å². The van der Waals surface area contributed by atoms with Gasteiger partial charge in [0.1, 0.15) is 0 Å². The van der Waals surface area contributed by atoms with E-state index in [0.717, 1.165) is 11.1 Å². The van der Waals surface area contributed by atoms with Crippen LogP contribution < -0.4 is 11.1 Å². The van der Waals surface area contributed by atoms with Crippen molar-refractivity contribution < 1.29 is 9.90 Å². The van der Waals surface area contributed by atoms with Crippen LogP contribution in [0, 0.1) is 6.92 Å². The molecule has 0 aliphatic heterocycles. The van der Waals surface area contributed by atoms with E-state index in [1.165, 1.54) is 0 Å². The van der Waals surface area contributed by atoms with Gasteiger partial charge in [-0.1, -0.05) is 30.3 Å². The normalized spacial score (nSPS) is 11.9. The van der Waals surface area contributed by atoms with Gasteiger partial charge in [0.15, 0.2) is 0 Å². The van der Waals surface area contributed by atoms with E-state index < -0.39 is 6.04 Å². The van der Waals surface area contributed by atoms with Crippen molar-refractivity contribution in [2.45, 2.75) is 13.0 Å². The van der Waals surface area contributed by atoms with Gasteiger partial charge in [-0.25, -0.2) is 0 Å². The summed E-state index contributed by atoms with van der Waals surface area (Å²) >= 11 is 0. The number of rotatable bonds is 4. The molecular formula is C16H18N2O2. The van der Waals surface area contributed by atoms with E-state index in [4.69, 9.17) is 5.73 Å². The maximum absolute atomic E-state index is 12.2. The van der Waals surface area contributed by atoms with Crippen molar-refractivity contribution in [3.63, 3.8) is 0 Å². The first-order valence-corrected chi connectivity index (χ1v) is 6.44. The number of nitrogens with one attached hydrogen (secondary N) is 1. The number of anilines is 1. The van der Waals surface area contributed by atoms with E-state index in [1.54, 1.807) is 18.2 Å². The summed E-state index contributed by atoms with van der Waals surface area (Å²) in [5.74, 6) is -0.226. The molecule has 0 heterocycles. The molecule has 0 unspecified atom stereocenters. The molecule has 0 aromatic heterocycles. The number of carbonyl (C=O) groups is 1. The average Bonchev–Trinajstić information content (AvgIpc) is 2.48. The predicted molar refractivity (Wildman–Crippen MR) is 79.3 cm³/mol. The number of aliphatic hydroxyl groups excluding tert-OH is 1. The summed E-state index contributed by atoms with van der Waals surface area (Å²) < 4.78 is 0. The number of amides is 1. The zero-order chi connectivity index (χ0) is 14.5. The van der Waals surface area contributed by atoms with Crippen LogP contribution in [0.5, 0.6) is 0 Å². The van der Waals surface area contributed by atoms with Crippen molar-refractivity contribution >= 4 is 11.6 Å². The Morgan fingerprint density at radius 3 is 2.55 bits per heavy atom. The lowest BCUT2D eigenvalue weighted by Crippen LogP contribution is -2.30. The molecule has 2 rings (SSSR count). The lowest BCUT2D eigenvalue weighted by atomic mass is 10.1. The third-order valence-electron chi connectivity index (χ3n) is 3.22. The van der Waals surface area contributed by atoms with Crippen LogP contribution in [-0.2, 0) is 0 Å². The molecule has 0 saturated carbocycles. The highest BCUT2D eigenvalue weighted by molar-refractivity contribution is 5.95. The molecule has 2 aromatic carbocycles. The quantitative estimate of drug-likeness (QED) is 0.744. The molecule has 0 fully saturated rings. The average molecular weight is 270 g/mol. The number of hydrogen-bond donors (Lipinski definition) is 3. The van der Waals surface area contributed by atoms with Crippen molar-refractivity contribution in [1.82, 2.24) is 5.32 Å². The molecule has 0 radical (unpaired) electrons. The van der Waals surface area contributed by atoms with Crippen molar-refractivity contribution in [2.75, 3.05) is 12.3 Å². The van der Waals surface area contributed by atoms with E-state index in [2.05, 4.69) is 5.32 Å². The van der Waals surface area contributed by atoms with Crippen LogP contribution in [0.25, 0.3) is 0 Å². The summed E-state index contributed by atoms with van der Waals surface area (Å²) in [4.78, 5) is 12.2. The van der Waals surface area contributed by atoms with Crippen LogP contribution in [0.3, 0.4) is 0 Å². The predicted octanol–water partition coefficient (Wildman–Crippen LogP) is 2.04. The van der Waals surface area contributed by atoms with Crippen LogP contribution in [0.2, 0.25) is 0 Å². The fourth-order valence-electron chi connectivity index (χ4n) is 1.98. The van der Waals surface area contributed by atoms with Gasteiger partial charge in [0.05, 0.1) is 12.6 Å². The maximum Gasteiger partial charge on any atom is 0.251 e.